The van der Waals surface area contributed by atoms with E-state index in [-0.39, 0.29) is 0 Å². The number of nitrogens with two attached hydrogens (primary N) is 1. The number of benzene rings is 2. The topological polar surface area (TPSA) is 35.2 Å². The average molecular weight is 281 g/mol. The standard InChI is InChI=1S/C15H14F3NO/c1-20-13-7-5-10(6-8-13)14(19)11-3-2-4-12(9-11)15(16,17)18/h2-9,14H,19H2,1H3/t14-/m1/s1. The number of hydrogen-bond donors (Lipinski definition) is 1. The van der Waals surface area contributed by atoms with Gasteiger partial charge in [-0.1, -0.05) is 24.3 Å². The maximum absolute atomic E-state index is 12.7. The zero-order chi connectivity index (χ0) is 14.8. The van der Waals surface area contributed by atoms with Crippen LogP contribution in [0.2, 0.25) is 0 Å². The van der Waals surface area contributed by atoms with Crippen molar-refractivity contribution in [2.45, 2.75) is 12.2 Å². The molecule has 2 aromatic carbocycles. The molecule has 0 aromatic heterocycles. The molecule has 106 valence electrons. The highest BCUT2D eigenvalue weighted by molar-refractivity contribution is 5.37. The van der Waals surface area contributed by atoms with Crippen molar-refractivity contribution >= 4 is 0 Å². The van der Waals surface area contributed by atoms with Gasteiger partial charge in [-0.25, -0.2) is 0 Å². The van der Waals surface area contributed by atoms with Gasteiger partial charge in [0.1, 0.15) is 5.75 Å². The van der Waals surface area contributed by atoms with Crippen LogP contribution in [0.15, 0.2) is 48.5 Å². The Balaban J connectivity index is 2.30. The first-order valence-corrected chi connectivity index (χ1v) is 5.98. The molecule has 0 fully saturated rings. The summed E-state index contributed by atoms with van der Waals surface area (Å²) >= 11 is 0. The Bertz CT molecular complexity index is 578. The third-order valence-corrected chi connectivity index (χ3v) is 3.05. The summed E-state index contributed by atoms with van der Waals surface area (Å²) in [6.45, 7) is 0. The van der Waals surface area contributed by atoms with Crippen LogP contribution in [0.25, 0.3) is 0 Å². The molecule has 0 unspecified atom stereocenters. The molecule has 0 saturated heterocycles. The Morgan fingerprint density at radius 3 is 2.20 bits per heavy atom. The van der Waals surface area contributed by atoms with Gasteiger partial charge in [0.05, 0.1) is 18.7 Å². The second-order valence-corrected chi connectivity index (χ2v) is 4.37. The number of alkyl halides is 3. The van der Waals surface area contributed by atoms with E-state index in [1.807, 2.05) is 0 Å². The van der Waals surface area contributed by atoms with Gasteiger partial charge in [0.2, 0.25) is 0 Å². The summed E-state index contributed by atoms with van der Waals surface area (Å²) in [6.07, 6.45) is -4.37. The van der Waals surface area contributed by atoms with Gasteiger partial charge in [0.25, 0.3) is 0 Å². The third-order valence-electron chi connectivity index (χ3n) is 3.05. The van der Waals surface area contributed by atoms with E-state index < -0.39 is 17.8 Å². The van der Waals surface area contributed by atoms with Crippen molar-refractivity contribution < 1.29 is 17.9 Å². The van der Waals surface area contributed by atoms with Crippen molar-refractivity contribution in [3.05, 3.63) is 65.2 Å². The van der Waals surface area contributed by atoms with Gasteiger partial charge in [-0.15, -0.1) is 0 Å². The van der Waals surface area contributed by atoms with E-state index in [2.05, 4.69) is 0 Å². The van der Waals surface area contributed by atoms with E-state index >= 15 is 0 Å². The molecule has 0 heterocycles. The molecule has 0 bridgehead atoms. The predicted octanol–water partition coefficient (Wildman–Crippen LogP) is 3.76. The summed E-state index contributed by atoms with van der Waals surface area (Å²) in [6, 6.07) is 11.4. The Morgan fingerprint density at radius 2 is 1.65 bits per heavy atom. The van der Waals surface area contributed by atoms with E-state index in [1.54, 1.807) is 37.4 Å². The fourth-order valence-corrected chi connectivity index (χ4v) is 1.91. The minimum absolute atomic E-state index is 0.421. The first-order chi connectivity index (χ1) is 9.41. The fourth-order valence-electron chi connectivity index (χ4n) is 1.91. The molecule has 0 amide bonds. The maximum Gasteiger partial charge on any atom is 0.416 e. The van der Waals surface area contributed by atoms with Crippen LogP contribution < -0.4 is 10.5 Å². The minimum Gasteiger partial charge on any atom is -0.497 e. The van der Waals surface area contributed by atoms with Gasteiger partial charge in [-0.3, -0.25) is 0 Å². The SMILES string of the molecule is COc1ccc([C@@H](N)c2cccc(C(F)(F)F)c2)cc1. The molecule has 0 aliphatic heterocycles. The lowest BCUT2D eigenvalue weighted by Gasteiger charge is -2.15. The van der Waals surface area contributed by atoms with Gasteiger partial charge in [0.15, 0.2) is 0 Å². The molecule has 2 N–H and O–H groups in total. The van der Waals surface area contributed by atoms with Crippen LogP contribution >= 0.6 is 0 Å². The van der Waals surface area contributed by atoms with Crippen molar-refractivity contribution in [2.24, 2.45) is 5.73 Å². The zero-order valence-electron chi connectivity index (χ0n) is 10.8. The van der Waals surface area contributed by atoms with Crippen molar-refractivity contribution in [3.8, 4) is 5.75 Å². The molecule has 5 heteroatoms. The number of halogens is 3. The molecule has 0 aliphatic rings. The molecular formula is C15H14F3NO. The summed E-state index contributed by atoms with van der Waals surface area (Å²) in [7, 11) is 1.54. The maximum atomic E-state index is 12.7. The fraction of sp³-hybridized carbons (Fsp3) is 0.200. The molecule has 0 saturated carbocycles. The van der Waals surface area contributed by atoms with Crippen LogP contribution in [0.4, 0.5) is 13.2 Å². The summed E-state index contributed by atoms with van der Waals surface area (Å²) in [4.78, 5) is 0. The highest BCUT2D eigenvalue weighted by Gasteiger charge is 2.30. The Morgan fingerprint density at radius 1 is 1.00 bits per heavy atom. The lowest BCUT2D eigenvalue weighted by Crippen LogP contribution is -2.13. The Hall–Kier alpha value is -2.01. The van der Waals surface area contributed by atoms with Gasteiger partial charge in [0, 0.05) is 0 Å². The zero-order valence-corrected chi connectivity index (χ0v) is 10.8. The number of methoxy groups -OCH3 is 1. The van der Waals surface area contributed by atoms with Gasteiger partial charge in [-0.2, -0.15) is 13.2 Å². The third kappa shape index (κ3) is 3.11. The summed E-state index contributed by atoms with van der Waals surface area (Å²) in [5, 5.41) is 0. The summed E-state index contributed by atoms with van der Waals surface area (Å²) in [5.74, 6) is 0.671. The first kappa shape index (κ1) is 14.4. The Labute approximate surface area is 115 Å². The van der Waals surface area contributed by atoms with E-state index in [4.69, 9.17) is 10.5 Å². The van der Waals surface area contributed by atoms with Crippen LogP contribution in [0.3, 0.4) is 0 Å². The molecule has 1 atom stereocenters. The van der Waals surface area contributed by atoms with Crippen LogP contribution in [-0.4, -0.2) is 7.11 Å². The van der Waals surface area contributed by atoms with Crippen LogP contribution in [0.5, 0.6) is 5.75 Å². The molecule has 20 heavy (non-hydrogen) atoms. The molecule has 2 nitrogen and oxygen atoms in total. The summed E-state index contributed by atoms with van der Waals surface area (Å²) in [5.41, 5.74) is 6.46. The van der Waals surface area contributed by atoms with Crippen molar-refractivity contribution in [2.75, 3.05) is 7.11 Å². The largest absolute Gasteiger partial charge is 0.497 e. The van der Waals surface area contributed by atoms with Crippen LogP contribution in [-0.2, 0) is 6.18 Å². The number of hydrogen-bond acceptors (Lipinski definition) is 2. The molecule has 2 aromatic rings. The van der Waals surface area contributed by atoms with Gasteiger partial charge >= 0.3 is 6.18 Å². The second kappa shape index (κ2) is 5.54. The lowest BCUT2D eigenvalue weighted by molar-refractivity contribution is -0.137. The van der Waals surface area contributed by atoms with Crippen LogP contribution in [0, 0.1) is 0 Å². The van der Waals surface area contributed by atoms with Crippen molar-refractivity contribution in [1.82, 2.24) is 0 Å². The number of rotatable bonds is 3. The molecule has 0 radical (unpaired) electrons. The quantitative estimate of drug-likeness (QED) is 0.929. The highest BCUT2D eigenvalue weighted by atomic mass is 19.4. The monoisotopic (exact) mass is 281 g/mol. The summed E-state index contributed by atoms with van der Waals surface area (Å²) < 4.78 is 43.1. The smallest absolute Gasteiger partial charge is 0.416 e. The molecule has 0 aliphatic carbocycles. The van der Waals surface area contributed by atoms with E-state index in [9.17, 15) is 13.2 Å². The normalized spacial score (nSPS) is 13.1. The van der Waals surface area contributed by atoms with E-state index in [0.717, 1.165) is 17.7 Å². The first-order valence-electron chi connectivity index (χ1n) is 5.98. The average Bonchev–Trinajstić information content (AvgIpc) is 2.46. The Kier molecular flexibility index (Phi) is 3.99. The van der Waals surface area contributed by atoms with Crippen molar-refractivity contribution in [1.29, 1.82) is 0 Å². The number of ether oxygens (including phenoxy) is 1. The lowest BCUT2D eigenvalue weighted by atomic mass is 9.98. The molecule has 2 rings (SSSR count). The van der Waals surface area contributed by atoms with Gasteiger partial charge < -0.3 is 10.5 Å². The van der Waals surface area contributed by atoms with Crippen LogP contribution in [0.1, 0.15) is 22.7 Å². The van der Waals surface area contributed by atoms with E-state index in [1.165, 1.54) is 6.07 Å². The predicted molar refractivity (Wildman–Crippen MR) is 70.5 cm³/mol. The highest BCUT2D eigenvalue weighted by Crippen LogP contribution is 2.31. The molecular weight excluding hydrogens is 267 g/mol. The van der Waals surface area contributed by atoms with E-state index in [0.29, 0.717) is 11.3 Å². The molecule has 0 spiro atoms. The van der Waals surface area contributed by atoms with Crippen molar-refractivity contribution in [3.63, 3.8) is 0 Å². The minimum atomic E-state index is -4.37. The van der Waals surface area contributed by atoms with Gasteiger partial charge in [-0.05, 0) is 35.4 Å². The second-order valence-electron chi connectivity index (χ2n) is 4.37.